The minimum absolute atomic E-state index is 0.0432. The van der Waals surface area contributed by atoms with Crippen LogP contribution in [0.5, 0.6) is 0 Å². The van der Waals surface area contributed by atoms with E-state index in [0.29, 0.717) is 19.3 Å². The molecular weight excluding hydrogens is 839 g/mol. The van der Waals surface area contributed by atoms with Crippen LogP contribution in [0.1, 0.15) is 310 Å². The molecule has 0 rings (SSSR count). The maximum absolute atomic E-state index is 13.3. The molecule has 0 bridgehead atoms. The molecule has 0 saturated carbocycles. The Morgan fingerprint density at radius 2 is 0.765 bits per heavy atom. The molecule has 0 saturated heterocycles. The molecule has 0 aliphatic rings. The summed E-state index contributed by atoms with van der Waals surface area (Å²) >= 11 is 0. The predicted octanol–water partition coefficient (Wildman–Crippen LogP) is 18.6. The van der Waals surface area contributed by atoms with E-state index in [4.69, 9.17) is 4.74 Å². The van der Waals surface area contributed by atoms with E-state index in [9.17, 15) is 19.8 Å². The number of aliphatic hydroxyl groups is 2. The second-order valence-electron chi connectivity index (χ2n) is 20.4. The Hall–Kier alpha value is -2.18. The Morgan fingerprint density at radius 1 is 0.426 bits per heavy atom. The van der Waals surface area contributed by atoms with Crippen LogP contribution >= 0.6 is 0 Å². The van der Waals surface area contributed by atoms with E-state index in [0.717, 1.165) is 70.6 Å². The van der Waals surface area contributed by atoms with Crippen LogP contribution in [0.3, 0.4) is 0 Å². The summed E-state index contributed by atoms with van der Waals surface area (Å²) in [6, 6.07) is -0.718. The second-order valence-corrected chi connectivity index (χ2v) is 20.4. The highest BCUT2D eigenvalue weighted by Gasteiger charge is 2.24. The number of unbranched alkanes of at least 4 members (excludes halogenated alkanes) is 34. The molecule has 398 valence electrons. The number of hydrogen-bond donors (Lipinski definition) is 3. The molecule has 3 N–H and O–H groups in total. The van der Waals surface area contributed by atoms with Crippen LogP contribution in [0.2, 0.25) is 0 Å². The number of ether oxygens (including phenoxy) is 1. The molecular formula is C62H115NO5. The molecule has 3 atom stereocenters. The van der Waals surface area contributed by atoms with Crippen molar-refractivity contribution in [2.75, 3.05) is 6.61 Å². The van der Waals surface area contributed by atoms with Gasteiger partial charge in [0.05, 0.1) is 25.2 Å². The maximum Gasteiger partial charge on any atom is 0.306 e. The Bertz CT molecular complexity index is 1160. The van der Waals surface area contributed by atoms with Gasteiger partial charge in [-0.3, -0.25) is 9.59 Å². The summed E-state index contributed by atoms with van der Waals surface area (Å²) < 4.78 is 5.95. The third kappa shape index (κ3) is 50.2. The van der Waals surface area contributed by atoms with Crippen molar-refractivity contribution >= 4 is 11.9 Å². The van der Waals surface area contributed by atoms with Gasteiger partial charge in [-0.1, -0.05) is 281 Å². The third-order valence-corrected chi connectivity index (χ3v) is 13.7. The lowest BCUT2D eigenvalue weighted by molar-refractivity contribution is -0.151. The van der Waals surface area contributed by atoms with Crippen LogP contribution in [0.4, 0.5) is 0 Å². The number of hydrogen-bond acceptors (Lipinski definition) is 5. The number of esters is 1. The lowest BCUT2D eigenvalue weighted by Crippen LogP contribution is -2.46. The van der Waals surface area contributed by atoms with Crippen molar-refractivity contribution in [2.45, 2.75) is 328 Å². The van der Waals surface area contributed by atoms with Gasteiger partial charge in [0.1, 0.15) is 6.10 Å². The fraction of sp³-hybridized carbons (Fsp3) is 0.839. The highest BCUT2D eigenvalue weighted by atomic mass is 16.5. The fourth-order valence-corrected chi connectivity index (χ4v) is 9.13. The van der Waals surface area contributed by atoms with Gasteiger partial charge in [0.2, 0.25) is 5.91 Å². The van der Waals surface area contributed by atoms with E-state index < -0.39 is 18.2 Å². The van der Waals surface area contributed by atoms with Crippen molar-refractivity contribution < 1.29 is 24.5 Å². The Labute approximate surface area is 423 Å². The summed E-state index contributed by atoms with van der Waals surface area (Å²) in [7, 11) is 0. The molecule has 0 aromatic carbocycles. The van der Waals surface area contributed by atoms with E-state index >= 15 is 0 Å². The summed E-state index contributed by atoms with van der Waals surface area (Å²) in [5.74, 6) is -0.513. The number of nitrogens with one attached hydrogen (secondary N) is 1. The normalized spacial score (nSPS) is 13.4. The molecule has 0 aromatic heterocycles. The standard InChI is InChI=1S/C62H115NO5/c1-4-7-10-13-16-19-22-25-27-29-30-32-34-37-40-43-46-49-52-55-62(67)68-58(53-50-47-44-41-38-36-33-31-28-26-23-20-17-14-11-8-5-2)56-61(66)63-59(57-64)60(65)54-51-48-45-42-39-35-24-21-18-15-12-9-6-3/h17,20,26,28,33,36,41,44,58-60,64-65H,4-16,18-19,21-25,27,29-32,34-35,37-40,42-43,45-57H2,1-3H3,(H,63,66)/b20-17-,28-26-,36-33-,44-41-. The van der Waals surface area contributed by atoms with Crippen LogP contribution in [-0.2, 0) is 14.3 Å². The van der Waals surface area contributed by atoms with Crippen LogP contribution in [0, 0.1) is 0 Å². The maximum atomic E-state index is 13.3. The first-order valence-electron chi connectivity index (χ1n) is 29.9. The average Bonchev–Trinajstić information content (AvgIpc) is 3.33. The molecule has 3 unspecified atom stereocenters. The quantitative estimate of drug-likeness (QED) is 0.0321. The molecule has 6 nitrogen and oxygen atoms in total. The molecule has 0 aliphatic heterocycles. The SMILES string of the molecule is CCCCC/C=C\C/C=C\C/C=C\C/C=C\CCCC(CC(=O)NC(CO)C(O)CCCCCCCCCCCCCCC)OC(=O)CCCCCCCCCCCCCCCCCCCCC. The van der Waals surface area contributed by atoms with E-state index in [2.05, 4.69) is 74.7 Å². The number of amides is 1. The molecule has 0 fully saturated rings. The van der Waals surface area contributed by atoms with Gasteiger partial charge in [0.25, 0.3) is 0 Å². The molecule has 0 aliphatic carbocycles. The second kappa shape index (κ2) is 55.7. The molecule has 0 spiro atoms. The highest BCUT2D eigenvalue weighted by molar-refractivity contribution is 5.77. The molecule has 68 heavy (non-hydrogen) atoms. The zero-order valence-corrected chi connectivity index (χ0v) is 45.5. The minimum Gasteiger partial charge on any atom is -0.462 e. The number of carbonyl (C=O) groups excluding carboxylic acids is 2. The Balaban J connectivity index is 4.60. The van der Waals surface area contributed by atoms with Crippen LogP contribution in [0.25, 0.3) is 0 Å². The van der Waals surface area contributed by atoms with E-state index in [1.54, 1.807) is 0 Å². The molecule has 0 aromatic rings. The van der Waals surface area contributed by atoms with E-state index in [1.165, 1.54) is 193 Å². The summed E-state index contributed by atoms with van der Waals surface area (Å²) in [6.45, 7) is 6.47. The van der Waals surface area contributed by atoms with Crippen molar-refractivity contribution in [3.8, 4) is 0 Å². The first kappa shape index (κ1) is 65.8. The van der Waals surface area contributed by atoms with Crippen LogP contribution in [-0.4, -0.2) is 46.9 Å². The average molecular weight is 955 g/mol. The fourth-order valence-electron chi connectivity index (χ4n) is 9.13. The topological polar surface area (TPSA) is 95.9 Å². The lowest BCUT2D eigenvalue weighted by atomic mass is 10.0. The van der Waals surface area contributed by atoms with Gasteiger partial charge < -0.3 is 20.3 Å². The summed E-state index contributed by atoms with van der Waals surface area (Å²) in [6.07, 6.45) is 69.0. The van der Waals surface area contributed by atoms with Gasteiger partial charge in [-0.05, 0) is 64.2 Å². The van der Waals surface area contributed by atoms with Gasteiger partial charge in [0.15, 0.2) is 0 Å². The van der Waals surface area contributed by atoms with Gasteiger partial charge in [-0.25, -0.2) is 0 Å². The van der Waals surface area contributed by atoms with E-state index in [1.807, 2.05) is 0 Å². The Morgan fingerprint density at radius 3 is 1.16 bits per heavy atom. The van der Waals surface area contributed by atoms with E-state index in [-0.39, 0.29) is 24.9 Å². The summed E-state index contributed by atoms with van der Waals surface area (Å²) in [4.78, 5) is 26.3. The smallest absolute Gasteiger partial charge is 0.306 e. The molecule has 1 amide bonds. The van der Waals surface area contributed by atoms with Gasteiger partial charge in [0, 0.05) is 6.42 Å². The zero-order chi connectivity index (χ0) is 49.5. The number of allylic oxidation sites excluding steroid dienone is 8. The number of rotatable bonds is 54. The third-order valence-electron chi connectivity index (χ3n) is 13.7. The van der Waals surface area contributed by atoms with Gasteiger partial charge in [-0.2, -0.15) is 0 Å². The van der Waals surface area contributed by atoms with Crippen molar-refractivity contribution in [1.29, 1.82) is 0 Å². The molecule has 6 heteroatoms. The largest absolute Gasteiger partial charge is 0.462 e. The molecule has 0 radical (unpaired) electrons. The molecule has 0 heterocycles. The number of carbonyl (C=O) groups is 2. The van der Waals surface area contributed by atoms with Crippen molar-refractivity contribution in [2.24, 2.45) is 0 Å². The summed E-state index contributed by atoms with van der Waals surface area (Å²) in [5, 5.41) is 23.9. The van der Waals surface area contributed by atoms with Crippen LogP contribution < -0.4 is 5.32 Å². The van der Waals surface area contributed by atoms with Crippen LogP contribution in [0.15, 0.2) is 48.6 Å². The highest BCUT2D eigenvalue weighted by Crippen LogP contribution is 2.18. The first-order chi connectivity index (χ1) is 33.5. The van der Waals surface area contributed by atoms with Gasteiger partial charge >= 0.3 is 5.97 Å². The monoisotopic (exact) mass is 954 g/mol. The summed E-state index contributed by atoms with van der Waals surface area (Å²) in [5.41, 5.74) is 0. The van der Waals surface area contributed by atoms with Crippen molar-refractivity contribution in [3.63, 3.8) is 0 Å². The number of aliphatic hydroxyl groups excluding tert-OH is 2. The van der Waals surface area contributed by atoms with Crippen molar-refractivity contribution in [3.05, 3.63) is 48.6 Å². The van der Waals surface area contributed by atoms with Crippen molar-refractivity contribution in [1.82, 2.24) is 5.32 Å². The minimum atomic E-state index is -0.801. The lowest BCUT2D eigenvalue weighted by Gasteiger charge is -2.24. The van der Waals surface area contributed by atoms with Gasteiger partial charge in [-0.15, -0.1) is 0 Å². The zero-order valence-electron chi connectivity index (χ0n) is 45.5. The first-order valence-corrected chi connectivity index (χ1v) is 29.9. The predicted molar refractivity (Wildman–Crippen MR) is 296 cm³/mol. The Kier molecular flexibility index (Phi) is 54.0.